The van der Waals surface area contributed by atoms with Crippen LogP contribution in [0, 0.1) is 5.41 Å². The average molecular weight is 437 g/mol. The predicted molar refractivity (Wildman–Crippen MR) is 120 cm³/mol. The summed E-state index contributed by atoms with van der Waals surface area (Å²) in [5, 5.41) is 12.5. The number of nitrogens with zero attached hydrogens (tertiary/aromatic N) is 1. The SMILES string of the molecule is CCNC(=NCc1ccc(S(N)(=O)=O)cc1)NCC(C)(C)Cc1cccc(Cl)c1. The first kappa shape index (κ1) is 23.2. The smallest absolute Gasteiger partial charge is 0.238 e. The van der Waals surface area contributed by atoms with E-state index in [-0.39, 0.29) is 10.3 Å². The molecule has 2 aromatic rings. The van der Waals surface area contributed by atoms with Crippen molar-refractivity contribution in [1.29, 1.82) is 0 Å². The van der Waals surface area contributed by atoms with E-state index in [1.54, 1.807) is 12.1 Å². The summed E-state index contributed by atoms with van der Waals surface area (Å²) < 4.78 is 22.7. The van der Waals surface area contributed by atoms with E-state index in [1.807, 2.05) is 25.1 Å². The van der Waals surface area contributed by atoms with Crippen molar-refractivity contribution >= 4 is 27.6 Å². The van der Waals surface area contributed by atoms with E-state index in [0.717, 1.165) is 30.1 Å². The van der Waals surface area contributed by atoms with Gasteiger partial charge in [0.25, 0.3) is 0 Å². The fourth-order valence-electron chi connectivity index (χ4n) is 2.88. The third kappa shape index (κ3) is 8.04. The van der Waals surface area contributed by atoms with Crippen LogP contribution in [0.2, 0.25) is 5.02 Å². The molecule has 0 bridgehead atoms. The number of halogens is 1. The molecule has 0 unspecified atom stereocenters. The normalized spacial score (nSPS) is 12.7. The van der Waals surface area contributed by atoms with Gasteiger partial charge in [-0.1, -0.05) is 49.7 Å². The largest absolute Gasteiger partial charge is 0.357 e. The van der Waals surface area contributed by atoms with Crippen molar-refractivity contribution in [3.8, 4) is 0 Å². The molecule has 6 nitrogen and oxygen atoms in total. The van der Waals surface area contributed by atoms with Crippen molar-refractivity contribution in [3.63, 3.8) is 0 Å². The standard InChI is InChI=1S/C21H29ClN4O2S/c1-4-24-20(25-14-16-8-10-19(11-9-16)29(23,27)28)26-15-21(2,3)13-17-6-5-7-18(22)12-17/h5-12H,4,13-15H2,1-3H3,(H2,23,27,28)(H2,24,25,26). The lowest BCUT2D eigenvalue weighted by molar-refractivity contribution is 0.359. The number of aliphatic imine (C=N–C) groups is 1. The van der Waals surface area contributed by atoms with E-state index in [2.05, 4.69) is 35.5 Å². The Kier molecular flexibility index (Phi) is 8.07. The lowest BCUT2D eigenvalue weighted by Crippen LogP contribution is -2.42. The summed E-state index contributed by atoms with van der Waals surface area (Å²) in [5.41, 5.74) is 2.09. The third-order valence-corrected chi connectivity index (χ3v) is 5.49. The van der Waals surface area contributed by atoms with Crippen LogP contribution in [0.3, 0.4) is 0 Å². The van der Waals surface area contributed by atoms with Gasteiger partial charge in [0.15, 0.2) is 5.96 Å². The number of rotatable bonds is 8. The van der Waals surface area contributed by atoms with Gasteiger partial charge < -0.3 is 10.6 Å². The van der Waals surface area contributed by atoms with Gasteiger partial charge in [-0.25, -0.2) is 18.5 Å². The highest BCUT2D eigenvalue weighted by atomic mass is 35.5. The molecule has 0 aliphatic rings. The molecule has 0 amide bonds. The van der Waals surface area contributed by atoms with E-state index in [1.165, 1.54) is 17.7 Å². The first-order valence-electron chi connectivity index (χ1n) is 9.47. The topological polar surface area (TPSA) is 96.6 Å². The lowest BCUT2D eigenvalue weighted by Gasteiger charge is -2.26. The summed E-state index contributed by atoms with van der Waals surface area (Å²) in [6.07, 6.45) is 0.884. The Bertz CT molecular complexity index is 941. The van der Waals surface area contributed by atoms with Crippen LogP contribution in [0.25, 0.3) is 0 Å². The Morgan fingerprint density at radius 1 is 1.10 bits per heavy atom. The highest BCUT2D eigenvalue weighted by Crippen LogP contribution is 2.22. The molecule has 0 spiro atoms. The van der Waals surface area contributed by atoms with E-state index in [0.29, 0.717) is 12.5 Å². The zero-order valence-electron chi connectivity index (χ0n) is 17.1. The van der Waals surface area contributed by atoms with Gasteiger partial charge in [0.1, 0.15) is 0 Å². The number of primary sulfonamides is 1. The zero-order valence-corrected chi connectivity index (χ0v) is 18.6. The molecule has 2 aromatic carbocycles. The number of hydrogen-bond donors (Lipinski definition) is 3. The predicted octanol–water partition coefficient (Wildman–Crippen LogP) is 3.31. The first-order chi connectivity index (χ1) is 13.6. The van der Waals surface area contributed by atoms with Crippen LogP contribution in [-0.4, -0.2) is 27.5 Å². The van der Waals surface area contributed by atoms with Gasteiger partial charge in [0.2, 0.25) is 10.0 Å². The Labute approximate surface area is 178 Å². The van der Waals surface area contributed by atoms with Gasteiger partial charge in [0, 0.05) is 18.1 Å². The fourth-order valence-corrected chi connectivity index (χ4v) is 3.61. The van der Waals surface area contributed by atoms with Crippen molar-refractivity contribution in [2.24, 2.45) is 15.5 Å². The molecule has 0 aliphatic carbocycles. The number of nitrogens with one attached hydrogen (secondary N) is 2. The maximum atomic E-state index is 11.3. The molecule has 8 heteroatoms. The van der Waals surface area contributed by atoms with Crippen LogP contribution in [0.1, 0.15) is 31.9 Å². The van der Waals surface area contributed by atoms with Crippen molar-refractivity contribution in [1.82, 2.24) is 10.6 Å². The van der Waals surface area contributed by atoms with Crippen molar-refractivity contribution in [2.45, 2.75) is 38.6 Å². The molecule has 0 aliphatic heterocycles. The highest BCUT2D eigenvalue weighted by molar-refractivity contribution is 7.89. The number of hydrogen-bond acceptors (Lipinski definition) is 3. The molecule has 0 atom stereocenters. The van der Waals surface area contributed by atoms with Crippen molar-refractivity contribution < 1.29 is 8.42 Å². The Morgan fingerprint density at radius 3 is 2.38 bits per heavy atom. The van der Waals surface area contributed by atoms with Crippen LogP contribution in [0.5, 0.6) is 0 Å². The van der Waals surface area contributed by atoms with Crippen molar-refractivity contribution in [3.05, 3.63) is 64.7 Å². The number of guanidine groups is 1. The van der Waals surface area contributed by atoms with Gasteiger partial charge in [-0.15, -0.1) is 0 Å². The molecule has 4 N–H and O–H groups in total. The van der Waals surface area contributed by atoms with E-state index >= 15 is 0 Å². The maximum Gasteiger partial charge on any atom is 0.238 e. The number of sulfonamides is 1. The lowest BCUT2D eigenvalue weighted by atomic mass is 9.86. The van der Waals surface area contributed by atoms with E-state index < -0.39 is 10.0 Å². The summed E-state index contributed by atoms with van der Waals surface area (Å²) in [5.74, 6) is 0.710. The van der Waals surface area contributed by atoms with Crippen LogP contribution in [-0.2, 0) is 23.0 Å². The maximum absolute atomic E-state index is 11.3. The highest BCUT2D eigenvalue weighted by Gasteiger charge is 2.19. The molecular formula is C21H29ClN4O2S. The van der Waals surface area contributed by atoms with Gasteiger partial charge in [-0.05, 0) is 54.2 Å². The second-order valence-electron chi connectivity index (χ2n) is 7.71. The Morgan fingerprint density at radius 2 is 1.79 bits per heavy atom. The Hall–Kier alpha value is -2.09. The summed E-state index contributed by atoms with van der Waals surface area (Å²) in [7, 11) is -3.68. The minimum absolute atomic E-state index is 0.00198. The monoisotopic (exact) mass is 436 g/mol. The average Bonchev–Trinajstić information content (AvgIpc) is 2.63. The minimum atomic E-state index is -3.68. The van der Waals surface area contributed by atoms with Gasteiger partial charge in [0.05, 0.1) is 11.4 Å². The molecule has 2 rings (SSSR count). The quantitative estimate of drug-likeness (QED) is 0.437. The van der Waals surface area contributed by atoms with Crippen LogP contribution in [0.4, 0.5) is 0 Å². The molecular weight excluding hydrogens is 408 g/mol. The zero-order chi connectivity index (χ0) is 21.5. The third-order valence-electron chi connectivity index (χ3n) is 4.32. The molecule has 0 fully saturated rings. The van der Waals surface area contributed by atoms with E-state index in [9.17, 15) is 8.42 Å². The van der Waals surface area contributed by atoms with Gasteiger partial charge in [-0.3, -0.25) is 0 Å². The van der Waals surface area contributed by atoms with Crippen molar-refractivity contribution in [2.75, 3.05) is 13.1 Å². The molecule has 0 radical (unpaired) electrons. The Balaban J connectivity index is 1.99. The summed E-state index contributed by atoms with van der Waals surface area (Å²) in [6, 6.07) is 14.3. The van der Waals surface area contributed by atoms with Gasteiger partial charge >= 0.3 is 0 Å². The second kappa shape index (κ2) is 10.1. The van der Waals surface area contributed by atoms with Gasteiger partial charge in [-0.2, -0.15) is 0 Å². The molecule has 158 valence electrons. The summed E-state index contributed by atoms with van der Waals surface area (Å²) in [4.78, 5) is 4.69. The van der Waals surface area contributed by atoms with Crippen LogP contribution in [0.15, 0.2) is 58.4 Å². The summed E-state index contributed by atoms with van der Waals surface area (Å²) in [6.45, 7) is 8.29. The van der Waals surface area contributed by atoms with Crippen LogP contribution < -0.4 is 15.8 Å². The second-order valence-corrected chi connectivity index (χ2v) is 9.71. The molecule has 29 heavy (non-hydrogen) atoms. The molecule has 0 heterocycles. The molecule has 0 saturated heterocycles. The number of nitrogens with two attached hydrogens (primary N) is 1. The molecule has 0 saturated carbocycles. The fraction of sp³-hybridized carbons (Fsp3) is 0.381. The molecule has 0 aromatic heterocycles. The minimum Gasteiger partial charge on any atom is -0.357 e. The first-order valence-corrected chi connectivity index (χ1v) is 11.4. The van der Waals surface area contributed by atoms with E-state index in [4.69, 9.17) is 16.7 Å². The number of benzene rings is 2. The summed E-state index contributed by atoms with van der Waals surface area (Å²) >= 11 is 6.09. The van der Waals surface area contributed by atoms with Crippen LogP contribution >= 0.6 is 11.6 Å².